The standard InChI is InChI=1S/C17H24N8/c1-23-16-14(11-20-23)15(18)21-17(22-16)25-8-4-13(5-9-25)3-2-7-24-10-6-19-12-24/h6,10-13H,2-5,7-9H2,1H3,(H2,18,21,22). The third-order valence-corrected chi connectivity index (χ3v) is 5.10. The van der Waals surface area contributed by atoms with Crippen LogP contribution in [0.2, 0.25) is 0 Å². The van der Waals surface area contributed by atoms with E-state index in [1.165, 1.54) is 25.7 Å². The van der Waals surface area contributed by atoms with Gasteiger partial charge in [0.15, 0.2) is 5.65 Å². The highest BCUT2D eigenvalue weighted by Crippen LogP contribution is 2.26. The fourth-order valence-corrected chi connectivity index (χ4v) is 3.58. The zero-order chi connectivity index (χ0) is 17.2. The Kier molecular flexibility index (Phi) is 4.25. The number of nitrogens with two attached hydrogens (primary N) is 1. The number of nitrogens with zero attached hydrogens (tertiary/aromatic N) is 7. The van der Waals surface area contributed by atoms with Crippen molar-refractivity contribution in [2.75, 3.05) is 23.7 Å². The zero-order valence-corrected chi connectivity index (χ0v) is 14.5. The fourth-order valence-electron chi connectivity index (χ4n) is 3.58. The van der Waals surface area contributed by atoms with Crippen LogP contribution >= 0.6 is 0 Å². The summed E-state index contributed by atoms with van der Waals surface area (Å²) < 4.78 is 3.90. The minimum Gasteiger partial charge on any atom is -0.383 e. The molecule has 8 nitrogen and oxygen atoms in total. The second-order valence-corrected chi connectivity index (χ2v) is 6.79. The second-order valence-electron chi connectivity index (χ2n) is 6.79. The summed E-state index contributed by atoms with van der Waals surface area (Å²) >= 11 is 0. The van der Waals surface area contributed by atoms with Crippen LogP contribution in [-0.4, -0.2) is 42.4 Å². The van der Waals surface area contributed by atoms with E-state index in [0.717, 1.165) is 42.5 Å². The van der Waals surface area contributed by atoms with E-state index in [1.54, 1.807) is 10.9 Å². The van der Waals surface area contributed by atoms with Crippen LogP contribution in [0.3, 0.4) is 0 Å². The van der Waals surface area contributed by atoms with Crippen molar-refractivity contribution in [2.24, 2.45) is 13.0 Å². The lowest BCUT2D eigenvalue weighted by Crippen LogP contribution is -2.35. The third kappa shape index (κ3) is 3.29. The van der Waals surface area contributed by atoms with Gasteiger partial charge in [0.25, 0.3) is 0 Å². The first-order valence-electron chi connectivity index (χ1n) is 8.86. The lowest BCUT2D eigenvalue weighted by atomic mass is 9.92. The molecule has 0 amide bonds. The van der Waals surface area contributed by atoms with Crippen LogP contribution in [0.15, 0.2) is 24.9 Å². The molecule has 4 rings (SSSR count). The van der Waals surface area contributed by atoms with Gasteiger partial charge in [0.2, 0.25) is 5.95 Å². The van der Waals surface area contributed by atoms with E-state index >= 15 is 0 Å². The first-order chi connectivity index (χ1) is 12.2. The van der Waals surface area contributed by atoms with Crippen molar-refractivity contribution in [3.8, 4) is 0 Å². The molecule has 0 radical (unpaired) electrons. The van der Waals surface area contributed by atoms with Crippen molar-refractivity contribution < 1.29 is 0 Å². The first-order valence-corrected chi connectivity index (χ1v) is 8.86. The molecule has 1 aliphatic rings. The van der Waals surface area contributed by atoms with Crippen LogP contribution in [0, 0.1) is 5.92 Å². The monoisotopic (exact) mass is 340 g/mol. The second kappa shape index (κ2) is 6.70. The zero-order valence-electron chi connectivity index (χ0n) is 14.5. The van der Waals surface area contributed by atoms with Gasteiger partial charge in [-0.05, 0) is 31.6 Å². The molecule has 1 aliphatic heterocycles. The SMILES string of the molecule is Cn1ncc2c(N)nc(N3CCC(CCCn4ccnc4)CC3)nc21. The average molecular weight is 340 g/mol. The Morgan fingerprint density at radius 3 is 2.84 bits per heavy atom. The number of hydrogen-bond donors (Lipinski definition) is 1. The summed E-state index contributed by atoms with van der Waals surface area (Å²) in [5.41, 5.74) is 6.87. The number of hydrogen-bond acceptors (Lipinski definition) is 6. The highest BCUT2D eigenvalue weighted by atomic mass is 15.3. The van der Waals surface area contributed by atoms with Gasteiger partial charge in [-0.2, -0.15) is 15.1 Å². The minimum atomic E-state index is 0.510. The summed E-state index contributed by atoms with van der Waals surface area (Å²) in [6, 6.07) is 0. The number of rotatable bonds is 5. The molecule has 0 aromatic carbocycles. The Morgan fingerprint density at radius 1 is 1.24 bits per heavy atom. The van der Waals surface area contributed by atoms with E-state index in [0.29, 0.717) is 5.82 Å². The van der Waals surface area contributed by atoms with Gasteiger partial charge in [-0.3, -0.25) is 4.68 Å². The predicted molar refractivity (Wildman–Crippen MR) is 97.1 cm³/mol. The maximum Gasteiger partial charge on any atom is 0.229 e. The van der Waals surface area contributed by atoms with Crippen molar-refractivity contribution in [3.63, 3.8) is 0 Å². The first kappa shape index (κ1) is 15.9. The molecule has 0 atom stereocenters. The molecule has 0 spiro atoms. The highest BCUT2D eigenvalue weighted by molar-refractivity contribution is 5.86. The number of aromatic nitrogens is 6. The Morgan fingerprint density at radius 2 is 2.08 bits per heavy atom. The van der Waals surface area contributed by atoms with E-state index in [2.05, 4.69) is 29.5 Å². The molecular weight excluding hydrogens is 316 g/mol. The molecule has 0 unspecified atom stereocenters. The van der Waals surface area contributed by atoms with E-state index in [1.807, 2.05) is 25.8 Å². The highest BCUT2D eigenvalue weighted by Gasteiger charge is 2.22. The van der Waals surface area contributed by atoms with Gasteiger partial charge in [0, 0.05) is 39.1 Å². The van der Waals surface area contributed by atoms with E-state index < -0.39 is 0 Å². The summed E-state index contributed by atoms with van der Waals surface area (Å²) in [4.78, 5) is 15.5. The molecule has 3 aromatic heterocycles. The van der Waals surface area contributed by atoms with Gasteiger partial charge in [-0.15, -0.1) is 0 Å². The lowest BCUT2D eigenvalue weighted by Gasteiger charge is -2.32. The van der Waals surface area contributed by atoms with Gasteiger partial charge >= 0.3 is 0 Å². The Hall–Kier alpha value is -2.64. The lowest BCUT2D eigenvalue weighted by molar-refractivity contribution is 0.362. The van der Waals surface area contributed by atoms with Gasteiger partial charge in [0.1, 0.15) is 5.82 Å². The number of aryl methyl sites for hydroxylation is 2. The fraction of sp³-hybridized carbons (Fsp3) is 0.529. The van der Waals surface area contributed by atoms with Crippen molar-refractivity contribution >= 4 is 22.8 Å². The number of nitrogen functional groups attached to an aromatic ring is 1. The van der Waals surface area contributed by atoms with Crippen molar-refractivity contribution in [1.29, 1.82) is 0 Å². The maximum absolute atomic E-state index is 6.08. The van der Waals surface area contributed by atoms with E-state index in [4.69, 9.17) is 5.73 Å². The van der Waals surface area contributed by atoms with E-state index in [9.17, 15) is 0 Å². The summed E-state index contributed by atoms with van der Waals surface area (Å²) in [5.74, 6) is 2.01. The number of piperidine rings is 1. The molecule has 4 heterocycles. The molecule has 2 N–H and O–H groups in total. The van der Waals surface area contributed by atoms with Gasteiger partial charge in [-0.1, -0.05) is 0 Å². The molecule has 1 saturated heterocycles. The molecule has 3 aromatic rings. The van der Waals surface area contributed by atoms with Crippen LogP contribution in [0.5, 0.6) is 0 Å². The molecule has 1 fully saturated rings. The van der Waals surface area contributed by atoms with E-state index in [-0.39, 0.29) is 0 Å². The summed E-state index contributed by atoms with van der Waals surface area (Å²) in [6.45, 7) is 3.02. The number of anilines is 2. The van der Waals surface area contributed by atoms with Gasteiger partial charge in [-0.25, -0.2) is 4.98 Å². The largest absolute Gasteiger partial charge is 0.383 e. The molecule has 25 heavy (non-hydrogen) atoms. The Labute approximate surface area is 146 Å². The van der Waals surface area contributed by atoms with Gasteiger partial charge < -0.3 is 15.2 Å². The topological polar surface area (TPSA) is 90.7 Å². The molecular formula is C17H24N8. The van der Waals surface area contributed by atoms with Crippen LogP contribution < -0.4 is 10.6 Å². The maximum atomic E-state index is 6.08. The normalized spacial score (nSPS) is 16.0. The smallest absolute Gasteiger partial charge is 0.229 e. The summed E-state index contributed by atoms with van der Waals surface area (Å²) in [6.07, 6.45) is 12.3. The van der Waals surface area contributed by atoms with Crippen molar-refractivity contribution in [1.82, 2.24) is 29.3 Å². The summed E-state index contributed by atoms with van der Waals surface area (Å²) in [7, 11) is 1.88. The van der Waals surface area contributed by atoms with Crippen LogP contribution in [-0.2, 0) is 13.6 Å². The quantitative estimate of drug-likeness (QED) is 0.762. The molecule has 8 heteroatoms. The minimum absolute atomic E-state index is 0.510. The van der Waals surface area contributed by atoms with Crippen molar-refractivity contribution in [2.45, 2.75) is 32.2 Å². The molecule has 0 saturated carbocycles. The van der Waals surface area contributed by atoms with Crippen LogP contribution in [0.4, 0.5) is 11.8 Å². The predicted octanol–water partition coefficient (Wildman–Crippen LogP) is 1.84. The average Bonchev–Trinajstić information content (AvgIpc) is 3.26. The third-order valence-electron chi connectivity index (χ3n) is 5.10. The summed E-state index contributed by atoms with van der Waals surface area (Å²) in [5, 5.41) is 5.04. The van der Waals surface area contributed by atoms with Crippen molar-refractivity contribution in [3.05, 3.63) is 24.9 Å². The number of imidazole rings is 1. The Bertz CT molecular complexity index is 830. The Balaban J connectivity index is 1.34. The van der Waals surface area contributed by atoms with Gasteiger partial charge in [0.05, 0.1) is 17.9 Å². The molecule has 0 aliphatic carbocycles. The molecule has 0 bridgehead atoms. The molecule has 132 valence electrons. The number of fused-ring (bicyclic) bond motifs is 1. The van der Waals surface area contributed by atoms with Crippen LogP contribution in [0.1, 0.15) is 25.7 Å². The van der Waals surface area contributed by atoms with Crippen LogP contribution in [0.25, 0.3) is 11.0 Å².